The van der Waals surface area contributed by atoms with Crippen LogP contribution in [0.2, 0.25) is 0 Å². The van der Waals surface area contributed by atoms with Gasteiger partial charge >= 0.3 is 0 Å². The van der Waals surface area contributed by atoms with Crippen molar-refractivity contribution in [2.24, 2.45) is 0 Å². The van der Waals surface area contributed by atoms with E-state index in [1.165, 1.54) is 24.8 Å². The maximum Gasteiger partial charge on any atom is 0.0575 e. The molecule has 0 saturated heterocycles. The van der Waals surface area contributed by atoms with E-state index < -0.39 is 0 Å². The van der Waals surface area contributed by atoms with E-state index in [-0.39, 0.29) is 0 Å². The average molecular weight is 259 g/mol. The van der Waals surface area contributed by atoms with Gasteiger partial charge in [-0.25, -0.2) is 0 Å². The van der Waals surface area contributed by atoms with Gasteiger partial charge in [-0.3, -0.25) is 0 Å². The summed E-state index contributed by atoms with van der Waals surface area (Å²) in [5, 5.41) is 3.47. The highest BCUT2D eigenvalue weighted by atomic mass is 16.5. The number of ether oxygens (including phenoxy) is 1. The third-order valence-electron chi connectivity index (χ3n) is 2.95. The van der Waals surface area contributed by atoms with Crippen molar-refractivity contribution in [3.05, 3.63) is 35.9 Å². The van der Waals surface area contributed by atoms with Gasteiger partial charge in [0.15, 0.2) is 0 Å². The molecular formula is C17H25NO. The molecule has 1 aromatic carbocycles. The van der Waals surface area contributed by atoms with Crippen LogP contribution >= 0.6 is 0 Å². The second kappa shape index (κ2) is 11.8. The van der Waals surface area contributed by atoms with Crippen LogP contribution in [0.25, 0.3) is 0 Å². The van der Waals surface area contributed by atoms with Crippen LogP contribution in [0.1, 0.15) is 37.7 Å². The van der Waals surface area contributed by atoms with Crippen molar-refractivity contribution in [2.75, 3.05) is 19.8 Å². The molecule has 104 valence electrons. The minimum absolute atomic E-state index is 0.704. The van der Waals surface area contributed by atoms with Gasteiger partial charge in [0, 0.05) is 19.6 Å². The Morgan fingerprint density at radius 1 is 1.00 bits per heavy atom. The van der Waals surface area contributed by atoms with E-state index >= 15 is 0 Å². The van der Waals surface area contributed by atoms with Crippen molar-refractivity contribution in [1.82, 2.24) is 5.32 Å². The first kappa shape index (κ1) is 15.8. The Kier molecular flexibility index (Phi) is 9.76. The maximum atomic E-state index is 5.40. The van der Waals surface area contributed by atoms with E-state index in [4.69, 9.17) is 11.2 Å². The van der Waals surface area contributed by atoms with Gasteiger partial charge in [0.2, 0.25) is 0 Å². The first-order valence-electron chi connectivity index (χ1n) is 7.19. The van der Waals surface area contributed by atoms with E-state index in [2.05, 4.69) is 41.6 Å². The number of rotatable bonds is 11. The van der Waals surface area contributed by atoms with Gasteiger partial charge in [0.1, 0.15) is 0 Å². The lowest BCUT2D eigenvalue weighted by molar-refractivity contribution is 0.135. The van der Waals surface area contributed by atoms with Crippen LogP contribution in [-0.4, -0.2) is 19.8 Å². The van der Waals surface area contributed by atoms with Crippen LogP contribution in [0.5, 0.6) is 0 Å². The van der Waals surface area contributed by atoms with Crippen LogP contribution < -0.4 is 5.32 Å². The van der Waals surface area contributed by atoms with Gasteiger partial charge in [-0.1, -0.05) is 43.2 Å². The summed E-state index contributed by atoms with van der Waals surface area (Å²) in [4.78, 5) is 0. The van der Waals surface area contributed by atoms with Crippen molar-refractivity contribution in [1.29, 1.82) is 0 Å². The summed E-state index contributed by atoms with van der Waals surface area (Å²) >= 11 is 0. The first-order valence-corrected chi connectivity index (χ1v) is 7.19. The summed E-state index contributed by atoms with van der Waals surface area (Å²) in [6.45, 7) is 3.61. The fraction of sp³-hybridized carbons (Fsp3) is 0.529. The van der Waals surface area contributed by atoms with E-state index in [1.807, 2.05) is 0 Å². The van der Waals surface area contributed by atoms with Crippen molar-refractivity contribution in [3.8, 4) is 12.3 Å². The molecule has 0 atom stereocenters. The fourth-order valence-corrected chi connectivity index (χ4v) is 1.87. The average Bonchev–Trinajstić information content (AvgIpc) is 2.46. The minimum atomic E-state index is 0.704. The Bertz CT molecular complexity index is 342. The fourth-order valence-electron chi connectivity index (χ4n) is 1.87. The van der Waals surface area contributed by atoms with Gasteiger partial charge < -0.3 is 10.1 Å². The Labute approximate surface area is 117 Å². The van der Waals surface area contributed by atoms with Gasteiger partial charge in [-0.15, -0.1) is 12.3 Å². The zero-order chi connectivity index (χ0) is 13.6. The van der Waals surface area contributed by atoms with Crippen LogP contribution in [0.3, 0.4) is 0 Å². The summed E-state index contributed by atoms with van der Waals surface area (Å²) in [7, 11) is 0. The van der Waals surface area contributed by atoms with Crippen LogP contribution in [0, 0.1) is 12.3 Å². The second-order valence-corrected chi connectivity index (χ2v) is 4.64. The molecular weight excluding hydrogens is 234 g/mol. The van der Waals surface area contributed by atoms with Gasteiger partial charge in [-0.2, -0.15) is 0 Å². The van der Waals surface area contributed by atoms with Crippen molar-refractivity contribution in [2.45, 2.75) is 38.6 Å². The van der Waals surface area contributed by atoms with Gasteiger partial charge in [0.25, 0.3) is 0 Å². The lowest BCUT2D eigenvalue weighted by Gasteiger charge is -2.05. The van der Waals surface area contributed by atoms with Crippen LogP contribution in [0.4, 0.5) is 0 Å². The molecule has 0 aliphatic heterocycles. The second-order valence-electron chi connectivity index (χ2n) is 4.64. The van der Waals surface area contributed by atoms with Crippen molar-refractivity contribution >= 4 is 0 Å². The Morgan fingerprint density at radius 2 is 1.79 bits per heavy atom. The molecule has 0 aromatic heterocycles. The molecule has 0 fully saturated rings. The predicted molar refractivity (Wildman–Crippen MR) is 80.9 cm³/mol. The highest BCUT2D eigenvalue weighted by Gasteiger charge is 1.93. The van der Waals surface area contributed by atoms with Gasteiger partial charge in [0.05, 0.1) is 6.61 Å². The first-order chi connectivity index (χ1) is 9.43. The zero-order valence-electron chi connectivity index (χ0n) is 11.7. The molecule has 0 spiro atoms. The Morgan fingerprint density at radius 3 is 2.58 bits per heavy atom. The monoisotopic (exact) mass is 259 g/mol. The molecule has 19 heavy (non-hydrogen) atoms. The van der Waals surface area contributed by atoms with E-state index in [0.29, 0.717) is 6.61 Å². The summed E-state index contributed by atoms with van der Waals surface area (Å²) in [6.07, 6.45) is 10.7. The molecule has 0 heterocycles. The quantitative estimate of drug-likeness (QED) is 0.486. The normalized spacial score (nSPS) is 10.3. The number of benzene rings is 1. The van der Waals surface area contributed by atoms with Gasteiger partial charge in [-0.05, 0) is 24.9 Å². The molecule has 0 bridgehead atoms. The molecule has 2 heteroatoms. The molecule has 0 saturated carbocycles. The summed E-state index contributed by atoms with van der Waals surface area (Å²) in [6, 6.07) is 10.5. The highest BCUT2D eigenvalue weighted by Crippen LogP contribution is 2.01. The van der Waals surface area contributed by atoms with E-state index in [0.717, 1.165) is 32.5 Å². The Balaban J connectivity index is 1.80. The minimum Gasteiger partial charge on any atom is -0.380 e. The number of terminal acetylenes is 1. The SMILES string of the molecule is C#CCCOCCCCCCNCc1ccccc1. The lowest BCUT2D eigenvalue weighted by atomic mass is 10.2. The highest BCUT2D eigenvalue weighted by molar-refractivity contribution is 5.14. The van der Waals surface area contributed by atoms with E-state index in [1.54, 1.807) is 0 Å². The van der Waals surface area contributed by atoms with Crippen molar-refractivity contribution in [3.63, 3.8) is 0 Å². The molecule has 0 radical (unpaired) electrons. The Hall–Kier alpha value is -1.30. The summed E-state index contributed by atoms with van der Waals surface area (Å²) in [5.41, 5.74) is 1.35. The van der Waals surface area contributed by atoms with Crippen molar-refractivity contribution < 1.29 is 4.74 Å². The topological polar surface area (TPSA) is 21.3 Å². The van der Waals surface area contributed by atoms with E-state index in [9.17, 15) is 0 Å². The number of unbranched alkanes of at least 4 members (excludes halogenated alkanes) is 3. The molecule has 1 rings (SSSR count). The third kappa shape index (κ3) is 9.30. The molecule has 2 nitrogen and oxygen atoms in total. The third-order valence-corrected chi connectivity index (χ3v) is 2.95. The van der Waals surface area contributed by atoms with Crippen LogP contribution in [0.15, 0.2) is 30.3 Å². The molecule has 0 aliphatic carbocycles. The molecule has 0 aliphatic rings. The molecule has 1 aromatic rings. The summed E-state index contributed by atoms with van der Waals surface area (Å²) in [5.74, 6) is 2.57. The molecule has 0 amide bonds. The predicted octanol–water partition coefficient (Wildman–Crippen LogP) is 3.38. The zero-order valence-corrected chi connectivity index (χ0v) is 11.7. The smallest absolute Gasteiger partial charge is 0.0575 e. The number of hydrogen-bond donors (Lipinski definition) is 1. The number of hydrogen-bond acceptors (Lipinski definition) is 2. The number of nitrogens with one attached hydrogen (secondary N) is 1. The van der Waals surface area contributed by atoms with Crippen LogP contribution in [-0.2, 0) is 11.3 Å². The standard InChI is InChI=1S/C17H25NO/c1-2-3-14-19-15-10-5-4-9-13-18-16-17-11-7-6-8-12-17/h1,6-8,11-12,18H,3-5,9-10,13-16H2. The lowest BCUT2D eigenvalue weighted by Crippen LogP contribution is -2.14. The molecule has 0 unspecified atom stereocenters. The molecule has 1 N–H and O–H groups in total. The summed E-state index contributed by atoms with van der Waals surface area (Å²) < 4.78 is 5.40. The largest absolute Gasteiger partial charge is 0.380 e. The maximum absolute atomic E-state index is 5.40.